The lowest BCUT2D eigenvalue weighted by atomic mass is 10.0. The van der Waals surface area contributed by atoms with Crippen LogP contribution in [0.1, 0.15) is 5.56 Å². The van der Waals surface area contributed by atoms with Crippen molar-refractivity contribution >= 4 is 55.0 Å². The minimum absolute atomic E-state index is 0.785. The summed E-state index contributed by atoms with van der Waals surface area (Å²) in [6.45, 7) is 2.05. The maximum absolute atomic E-state index is 14.1. The van der Waals surface area contributed by atoms with Gasteiger partial charge in [-0.1, -0.05) is 109 Å². The third-order valence-corrected chi connectivity index (χ3v) is 10.6. The van der Waals surface area contributed by atoms with Gasteiger partial charge < -0.3 is 9.12 Å². The van der Waals surface area contributed by atoms with Crippen molar-refractivity contribution in [1.82, 2.24) is 8.54 Å². The Morgan fingerprint density at radius 1 is 0.426 bits per heavy atom. The third kappa shape index (κ3) is 4.57. The lowest BCUT2D eigenvalue weighted by molar-refractivity contribution is 0.589. The van der Waals surface area contributed by atoms with Crippen molar-refractivity contribution < 1.29 is 4.55 Å². The fourth-order valence-electron chi connectivity index (χ4n) is 6.92. The van der Waals surface area contributed by atoms with Gasteiger partial charge in [0.2, 0.25) is 0 Å². The Morgan fingerprint density at radius 3 is 1.55 bits per heavy atom. The van der Waals surface area contributed by atoms with Crippen molar-refractivity contribution in [3.05, 3.63) is 169 Å². The van der Waals surface area contributed by atoms with Crippen molar-refractivity contribution in [2.45, 2.75) is 11.8 Å². The van der Waals surface area contributed by atoms with Crippen molar-refractivity contribution in [3.63, 3.8) is 0 Å². The summed E-state index contributed by atoms with van der Waals surface area (Å²) in [6, 6.07) is 57.6. The molecule has 2 heterocycles. The average molecular weight is 623 g/mol. The summed E-state index contributed by atoms with van der Waals surface area (Å²) in [6.07, 6.45) is 0. The van der Waals surface area contributed by atoms with Gasteiger partial charge in [-0.05, 0) is 89.8 Å². The van der Waals surface area contributed by atoms with Crippen LogP contribution in [-0.4, -0.2) is 13.1 Å². The molecule has 224 valence electrons. The summed E-state index contributed by atoms with van der Waals surface area (Å²) >= 11 is -1.39. The van der Waals surface area contributed by atoms with E-state index in [0.29, 0.717) is 0 Å². The highest BCUT2D eigenvalue weighted by molar-refractivity contribution is 7.90. The van der Waals surface area contributed by atoms with Gasteiger partial charge in [-0.3, -0.25) is 0 Å². The SMILES string of the molecule is Cc1ccc([S+]([O-])n2c3ccccc3c3cc(-n4c5ccc(-c6ccccc6)cc5c5cc(-c6ccccc6)ccc54)ccc32)cc1. The van der Waals surface area contributed by atoms with Gasteiger partial charge in [0.15, 0.2) is 4.90 Å². The molecule has 0 saturated heterocycles. The molecule has 2 aromatic heterocycles. The van der Waals surface area contributed by atoms with Gasteiger partial charge in [0, 0.05) is 27.2 Å². The number of nitrogens with zero attached hydrogens (tertiary/aromatic N) is 2. The minimum atomic E-state index is -1.39. The van der Waals surface area contributed by atoms with Crippen molar-refractivity contribution in [3.8, 4) is 27.9 Å². The van der Waals surface area contributed by atoms with Crippen LogP contribution in [0.25, 0.3) is 71.6 Å². The Bertz CT molecular complexity index is 2490. The summed E-state index contributed by atoms with van der Waals surface area (Å²) < 4.78 is 18.4. The van der Waals surface area contributed by atoms with E-state index in [2.05, 4.69) is 138 Å². The predicted octanol–water partition coefficient (Wildman–Crippen LogP) is 11.1. The van der Waals surface area contributed by atoms with Crippen LogP contribution >= 0.6 is 0 Å². The number of hydrogen-bond donors (Lipinski definition) is 0. The van der Waals surface area contributed by atoms with Crippen molar-refractivity contribution in [1.29, 1.82) is 0 Å². The average Bonchev–Trinajstić information content (AvgIpc) is 3.64. The maximum atomic E-state index is 14.1. The Kier molecular flexibility index (Phi) is 6.53. The molecule has 9 rings (SSSR count). The highest BCUT2D eigenvalue weighted by Gasteiger charge is 2.23. The van der Waals surface area contributed by atoms with Crippen LogP contribution in [0.4, 0.5) is 0 Å². The molecule has 3 nitrogen and oxygen atoms in total. The highest BCUT2D eigenvalue weighted by Crippen LogP contribution is 2.39. The molecule has 0 saturated carbocycles. The molecule has 1 atom stereocenters. The molecule has 0 radical (unpaired) electrons. The zero-order valence-electron chi connectivity index (χ0n) is 25.8. The van der Waals surface area contributed by atoms with Gasteiger partial charge in [0.25, 0.3) is 0 Å². The molecular formula is C43H30N2OS. The molecule has 0 spiro atoms. The Balaban J connectivity index is 1.29. The molecule has 0 N–H and O–H groups in total. The summed E-state index contributed by atoms with van der Waals surface area (Å²) in [5.74, 6) is 0. The number of benzene rings is 7. The van der Waals surface area contributed by atoms with Crippen LogP contribution in [-0.2, 0) is 11.4 Å². The van der Waals surface area contributed by atoms with E-state index in [1.165, 1.54) is 33.0 Å². The van der Waals surface area contributed by atoms with Gasteiger partial charge in [0.05, 0.1) is 22.1 Å². The molecule has 9 aromatic rings. The Morgan fingerprint density at radius 2 is 0.936 bits per heavy atom. The number of rotatable bonds is 5. The van der Waals surface area contributed by atoms with Gasteiger partial charge >= 0.3 is 0 Å². The number of para-hydroxylation sites is 1. The lowest BCUT2D eigenvalue weighted by Crippen LogP contribution is -2.12. The van der Waals surface area contributed by atoms with E-state index < -0.39 is 11.4 Å². The summed E-state index contributed by atoms with van der Waals surface area (Å²) in [4.78, 5) is 0.785. The zero-order chi connectivity index (χ0) is 31.5. The maximum Gasteiger partial charge on any atom is 0.180 e. The molecular weight excluding hydrogens is 593 g/mol. The molecule has 0 aliphatic rings. The molecule has 4 heteroatoms. The number of aromatic nitrogens is 2. The smallest absolute Gasteiger partial charge is 0.180 e. The number of aryl methyl sites for hydroxylation is 1. The van der Waals surface area contributed by atoms with E-state index in [-0.39, 0.29) is 0 Å². The first kappa shape index (κ1) is 27.7. The van der Waals surface area contributed by atoms with Crippen LogP contribution in [0.5, 0.6) is 0 Å². The van der Waals surface area contributed by atoms with Crippen molar-refractivity contribution in [2.75, 3.05) is 0 Å². The van der Waals surface area contributed by atoms with Crippen LogP contribution in [0.15, 0.2) is 169 Å². The number of hydrogen-bond acceptors (Lipinski definition) is 1. The van der Waals surface area contributed by atoms with Crippen LogP contribution < -0.4 is 0 Å². The molecule has 0 aliphatic heterocycles. The third-order valence-electron chi connectivity index (χ3n) is 9.24. The van der Waals surface area contributed by atoms with Crippen molar-refractivity contribution in [2.24, 2.45) is 0 Å². The molecule has 47 heavy (non-hydrogen) atoms. The van der Waals surface area contributed by atoms with Gasteiger partial charge in [-0.2, -0.15) is 3.97 Å². The van der Waals surface area contributed by atoms with E-state index in [1.807, 2.05) is 41.2 Å². The quantitative estimate of drug-likeness (QED) is 0.176. The number of fused-ring (bicyclic) bond motifs is 6. The first-order valence-corrected chi connectivity index (χ1v) is 17.0. The largest absolute Gasteiger partial charge is 0.587 e. The predicted molar refractivity (Wildman–Crippen MR) is 198 cm³/mol. The second-order valence-electron chi connectivity index (χ2n) is 12.1. The molecule has 0 fully saturated rings. The molecule has 0 aliphatic carbocycles. The second kappa shape index (κ2) is 11.1. The monoisotopic (exact) mass is 622 g/mol. The molecule has 0 amide bonds. The van der Waals surface area contributed by atoms with E-state index in [0.717, 1.165) is 49.0 Å². The van der Waals surface area contributed by atoms with E-state index in [1.54, 1.807) is 0 Å². The minimum Gasteiger partial charge on any atom is -0.587 e. The van der Waals surface area contributed by atoms with E-state index >= 15 is 0 Å². The Hall–Kier alpha value is -5.55. The second-order valence-corrected chi connectivity index (χ2v) is 13.4. The first-order valence-electron chi connectivity index (χ1n) is 15.9. The zero-order valence-corrected chi connectivity index (χ0v) is 26.6. The van der Waals surface area contributed by atoms with E-state index in [4.69, 9.17) is 0 Å². The molecule has 7 aromatic carbocycles. The summed E-state index contributed by atoms with van der Waals surface area (Å²) in [7, 11) is 0. The first-order chi connectivity index (χ1) is 23.1. The standard InChI is InChI=1S/C43H30N2OS/c1-29-16-21-35(22-17-29)47(46)45-42-15-9-8-14-36(42)39-28-34(20-25-43(39)45)44-40-23-18-32(30-10-4-2-5-11-30)26-37(40)38-27-33(19-24-41(38)44)31-12-6-3-7-13-31/h2-28H,1H3. The molecule has 0 bridgehead atoms. The van der Waals surface area contributed by atoms with E-state index in [9.17, 15) is 4.55 Å². The van der Waals surface area contributed by atoms with Crippen LogP contribution in [0.3, 0.4) is 0 Å². The van der Waals surface area contributed by atoms with Gasteiger partial charge in [-0.25, -0.2) is 0 Å². The van der Waals surface area contributed by atoms with Crippen LogP contribution in [0.2, 0.25) is 0 Å². The van der Waals surface area contributed by atoms with Gasteiger partial charge in [0.1, 0.15) is 11.4 Å². The fraction of sp³-hybridized carbons (Fsp3) is 0.0233. The normalized spacial score (nSPS) is 12.4. The van der Waals surface area contributed by atoms with Crippen LogP contribution in [0, 0.1) is 6.92 Å². The Labute approximate surface area is 276 Å². The summed E-state index contributed by atoms with van der Waals surface area (Å²) in [5, 5.41) is 4.59. The van der Waals surface area contributed by atoms with Gasteiger partial charge in [-0.15, -0.1) is 0 Å². The summed E-state index contributed by atoms with van der Waals surface area (Å²) in [5.41, 5.74) is 11.2. The highest BCUT2D eigenvalue weighted by atomic mass is 32.2. The molecule has 1 unspecified atom stereocenters. The lowest BCUT2D eigenvalue weighted by Gasteiger charge is -2.13. The topological polar surface area (TPSA) is 32.9 Å². The fourth-order valence-corrected chi connectivity index (χ4v) is 8.18.